The lowest BCUT2D eigenvalue weighted by Crippen LogP contribution is -2.39. The average Bonchev–Trinajstić information content (AvgIpc) is 3.21. The van der Waals surface area contributed by atoms with Crippen LogP contribution >= 0.6 is 11.3 Å². The number of carbonyl (C=O) groups excluding carboxylic acids is 1. The number of guanidine groups is 1. The lowest BCUT2D eigenvalue weighted by Gasteiger charge is -2.11. The molecule has 1 aliphatic carbocycles. The molecule has 0 aliphatic heterocycles. The van der Waals surface area contributed by atoms with Crippen LogP contribution < -0.4 is 16.0 Å². The van der Waals surface area contributed by atoms with Crippen molar-refractivity contribution in [3.05, 3.63) is 16.1 Å². The van der Waals surface area contributed by atoms with Gasteiger partial charge in [0, 0.05) is 44.4 Å². The number of carbonyl (C=O) groups is 1. The summed E-state index contributed by atoms with van der Waals surface area (Å²) >= 11 is 1.67. The van der Waals surface area contributed by atoms with Gasteiger partial charge in [-0.15, -0.1) is 11.3 Å². The summed E-state index contributed by atoms with van der Waals surface area (Å²) in [6.07, 6.45) is 4.54. The molecule has 2 rings (SSSR count). The minimum atomic E-state index is 0.158. The number of aromatic nitrogens is 1. The Bertz CT molecular complexity index is 510. The number of rotatable bonds is 8. The first-order valence-corrected chi connectivity index (χ1v) is 8.70. The van der Waals surface area contributed by atoms with E-state index in [9.17, 15) is 4.79 Å². The van der Waals surface area contributed by atoms with Gasteiger partial charge >= 0.3 is 0 Å². The molecule has 0 radical (unpaired) electrons. The molecule has 0 spiro atoms. The molecular weight excluding hydrogens is 298 g/mol. The summed E-state index contributed by atoms with van der Waals surface area (Å²) in [6.45, 7) is 3.56. The van der Waals surface area contributed by atoms with Crippen molar-refractivity contribution >= 4 is 23.2 Å². The summed E-state index contributed by atoms with van der Waals surface area (Å²) in [4.78, 5) is 20.2. The lowest BCUT2D eigenvalue weighted by molar-refractivity contribution is -0.121. The predicted molar refractivity (Wildman–Crippen MR) is 90.3 cm³/mol. The Morgan fingerprint density at radius 1 is 1.41 bits per heavy atom. The van der Waals surface area contributed by atoms with Gasteiger partial charge in [-0.05, 0) is 26.2 Å². The van der Waals surface area contributed by atoms with E-state index in [1.165, 1.54) is 0 Å². The first-order valence-electron chi connectivity index (χ1n) is 7.82. The average molecular weight is 323 g/mol. The number of hydrogen-bond acceptors (Lipinski definition) is 4. The molecule has 6 nitrogen and oxygen atoms in total. The number of hydrogen-bond donors (Lipinski definition) is 3. The second-order valence-corrected chi connectivity index (χ2v) is 6.54. The molecule has 1 fully saturated rings. The van der Waals surface area contributed by atoms with E-state index in [0.29, 0.717) is 12.5 Å². The highest BCUT2D eigenvalue weighted by Gasteiger charge is 2.22. The van der Waals surface area contributed by atoms with Gasteiger partial charge in [0.1, 0.15) is 0 Å². The Kier molecular flexibility index (Phi) is 6.64. The van der Waals surface area contributed by atoms with Crippen LogP contribution in [0.1, 0.15) is 36.4 Å². The Hall–Kier alpha value is -1.63. The summed E-state index contributed by atoms with van der Waals surface area (Å²) in [5.74, 6) is 0.931. The van der Waals surface area contributed by atoms with Crippen LogP contribution in [0.15, 0.2) is 10.4 Å². The zero-order chi connectivity index (χ0) is 15.8. The van der Waals surface area contributed by atoms with Gasteiger partial charge in [-0.2, -0.15) is 0 Å². The molecule has 1 heterocycles. The fraction of sp³-hybridized carbons (Fsp3) is 0.667. The van der Waals surface area contributed by atoms with Crippen LogP contribution in [0, 0.1) is 6.92 Å². The molecule has 122 valence electrons. The molecule has 7 heteroatoms. The maximum absolute atomic E-state index is 11.5. The maximum atomic E-state index is 11.5. The second kappa shape index (κ2) is 8.73. The van der Waals surface area contributed by atoms with Crippen molar-refractivity contribution in [3.8, 4) is 0 Å². The number of aryl methyl sites for hydroxylation is 1. The molecular formula is C15H25N5OS. The van der Waals surface area contributed by atoms with Crippen LogP contribution in [-0.2, 0) is 11.2 Å². The Labute approximate surface area is 135 Å². The van der Waals surface area contributed by atoms with Gasteiger partial charge < -0.3 is 16.0 Å². The normalized spacial score (nSPS) is 14.7. The molecule has 0 unspecified atom stereocenters. The van der Waals surface area contributed by atoms with Crippen molar-refractivity contribution in [2.24, 2.45) is 4.99 Å². The third kappa shape index (κ3) is 6.43. The van der Waals surface area contributed by atoms with E-state index < -0.39 is 0 Å². The highest BCUT2D eigenvalue weighted by molar-refractivity contribution is 7.09. The number of amides is 1. The summed E-state index contributed by atoms with van der Waals surface area (Å²) in [5.41, 5.74) is 1.11. The number of thiazole rings is 1. The first kappa shape index (κ1) is 16.7. The minimum absolute atomic E-state index is 0.158. The molecule has 1 aromatic heterocycles. The maximum Gasteiger partial charge on any atom is 0.220 e. The van der Waals surface area contributed by atoms with Crippen molar-refractivity contribution in [2.45, 2.75) is 45.1 Å². The highest BCUT2D eigenvalue weighted by Crippen LogP contribution is 2.18. The van der Waals surface area contributed by atoms with Gasteiger partial charge in [0.2, 0.25) is 5.91 Å². The zero-order valence-corrected chi connectivity index (χ0v) is 14.1. The van der Waals surface area contributed by atoms with Gasteiger partial charge in [-0.1, -0.05) is 0 Å². The van der Waals surface area contributed by atoms with Crippen molar-refractivity contribution in [1.82, 2.24) is 20.9 Å². The number of nitrogens with zero attached hydrogens (tertiary/aromatic N) is 2. The molecule has 1 saturated carbocycles. The highest BCUT2D eigenvalue weighted by atomic mass is 32.1. The summed E-state index contributed by atoms with van der Waals surface area (Å²) in [6, 6.07) is 0.448. The summed E-state index contributed by atoms with van der Waals surface area (Å²) in [7, 11) is 1.75. The molecule has 0 atom stereocenters. The fourth-order valence-corrected chi connectivity index (χ4v) is 2.68. The van der Waals surface area contributed by atoms with Crippen molar-refractivity contribution in [3.63, 3.8) is 0 Å². The second-order valence-electron chi connectivity index (χ2n) is 5.48. The number of nitrogens with one attached hydrogen (secondary N) is 3. The zero-order valence-electron chi connectivity index (χ0n) is 13.3. The fourth-order valence-electron chi connectivity index (χ4n) is 2.04. The molecule has 3 N–H and O–H groups in total. The standard InChI is InChI=1S/C15H25N5OS/c1-11-19-13(10-22-11)7-9-18-15(16-2)17-8-3-4-14(21)20-12-5-6-12/h10,12H,3-9H2,1-2H3,(H,20,21)(H2,16,17,18). The van der Waals surface area contributed by atoms with Gasteiger partial charge in [-0.25, -0.2) is 4.98 Å². The van der Waals surface area contributed by atoms with Crippen LogP contribution in [0.2, 0.25) is 0 Å². The predicted octanol–water partition coefficient (Wildman–Crippen LogP) is 1.22. The quantitative estimate of drug-likeness (QED) is 0.382. The molecule has 1 aliphatic rings. The van der Waals surface area contributed by atoms with E-state index >= 15 is 0 Å². The van der Waals surface area contributed by atoms with Crippen LogP contribution in [-0.4, -0.2) is 43.0 Å². The molecule has 0 saturated heterocycles. The van der Waals surface area contributed by atoms with Crippen molar-refractivity contribution in [2.75, 3.05) is 20.1 Å². The minimum Gasteiger partial charge on any atom is -0.356 e. The van der Waals surface area contributed by atoms with Gasteiger partial charge in [-0.3, -0.25) is 9.79 Å². The van der Waals surface area contributed by atoms with Gasteiger partial charge in [0.25, 0.3) is 0 Å². The van der Waals surface area contributed by atoms with Crippen LogP contribution in [0.3, 0.4) is 0 Å². The summed E-state index contributed by atoms with van der Waals surface area (Å²) < 4.78 is 0. The molecule has 0 aromatic carbocycles. The Balaban J connectivity index is 1.53. The van der Waals surface area contributed by atoms with Crippen LogP contribution in [0.4, 0.5) is 0 Å². The van der Waals surface area contributed by atoms with Gasteiger partial charge in [0.05, 0.1) is 10.7 Å². The first-order chi connectivity index (χ1) is 10.7. The van der Waals surface area contributed by atoms with E-state index in [2.05, 4.69) is 31.3 Å². The third-order valence-corrected chi connectivity index (χ3v) is 4.20. The molecule has 0 bridgehead atoms. The van der Waals surface area contributed by atoms with E-state index in [1.807, 2.05) is 6.92 Å². The van der Waals surface area contributed by atoms with Gasteiger partial charge in [0.15, 0.2) is 5.96 Å². The smallest absolute Gasteiger partial charge is 0.220 e. The van der Waals surface area contributed by atoms with Crippen molar-refractivity contribution in [1.29, 1.82) is 0 Å². The van der Waals surface area contributed by atoms with Crippen LogP contribution in [0.5, 0.6) is 0 Å². The lowest BCUT2D eigenvalue weighted by atomic mass is 10.3. The number of aliphatic imine (C=N–C) groups is 1. The molecule has 22 heavy (non-hydrogen) atoms. The Morgan fingerprint density at radius 2 is 2.18 bits per heavy atom. The van der Waals surface area contributed by atoms with E-state index in [0.717, 1.165) is 55.4 Å². The van der Waals surface area contributed by atoms with Crippen LogP contribution in [0.25, 0.3) is 0 Å². The monoisotopic (exact) mass is 323 g/mol. The summed E-state index contributed by atoms with van der Waals surface area (Å²) in [5, 5.41) is 12.7. The largest absolute Gasteiger partial charge is 0.356 e. The SMILES string of the molecule is CN=C(NCCCC(=O)NC1CC1)NCCc1csc(C)n1. The van der Waals surface area contributed by atoms with E-state index in [1.54, 1.807) is 18.4 Å². The topological polar surface area (TPSA) is 78.4 Å². The van der Waals surface area contributed by atoms with E-state index in [4.69, 9.17) is 0 Å². The molecule has 1 amide bonds. The Morgan fingerprint density at radius 3 is 2.82 bits per heavy atom. The third-order valence-electron chi connectivity index (χ3n) is 3.38. The molecule has 1 aromatic rings. The van der Waals surface area contributed by atoms with Crippen molar-refractivity contribution < 1.29 is 4.79 Å². The van der Waals surface area contributed by atoms with E-state index in [-0.39, 0.29) is 5.91 Å².